The highest BCUT2D eigenvalue weighted by Gasteiger charge is 2.13. The predicted molar refractivity (Wildman–Crippen MR) is 67.2 cm³/mol. The second-order valence-corrected chi connectivity index (χ2v) is 3.75. The van der Waals surface area contributed by atoms with E-state index in [-0.39, 0.29) is 6.79 Å². The lowest BCUT2D eigenvalue weighted by Gasteiger charge is -2.01. The second kappa shape index (κ2) is 4.37. The summed E-state index contributed by atoms with van der Waals surface area (Å²) in [5, 5.41) is 0. The summed E-state index contributed by atoms with van der Waals surface area (Å²) in [6.07, 6.45) is 1.68. The molecule has 0 atom stereocenters. The number of fused-ring (bicyclic) bond motifs is 1. The van der Waals surface area contributed by atoms with Crippen LogP contribution < -0.4 is 15.2 Å². The van der Waals surface area contributed by atoms with Crippen molar-refractivity contribution in [3.8, 4) is 11.5 Å². The third-order valence-corrected chi connectivity index (χ3v) is 2.53. The number of aliphatic imine (C=N–C) groups is 1. The molecule has 0 amide bonds. The van der Waals surface area contributed by atoms with Crippen molar-refractivity contribution in [3.63, 3.8) is 0 Å². The van der Waals surface area contributed by atoms with Gasteiger partial charge in [-0.15, -0.1) is 0 Å². The number of rotatable bonds is 2. The zero-order valence-electron chi connectivity index (χ0n) is 9.54. The Morgan fingerprint density at radius 3 is 2.89 bits per heavy atom. The van der Waals surface area contributed by atoms with E-state index < -0.39 is 0 Å². The molecule has 0 unspecified atom stereocenters. The van der Waals surface area contributed by atoms with Gasteiger partial charge in [0.15, 0.2) is 11.5 Å². The number of hydrogen-bond acceptors (Lipinski definition) is 4. The maximum Gasteiger partial charge on any atom is 0.231 e. The van der Waals surface area contributed by atoms with E-state index >= 15 is 0 Å². The van der Waals surface area contributed by atoms with Crippen molar-refractivity contribution in [1.29, 1.82) is 0 Å². The van der Waals surface area contributed by atoms with Crippen LogP contribution in [0.5, 0.6) is 11.5 Å². The van der Waals surface area contributed by atoms with Gasteiger partial charge < -0.3 is 15.2 Å². The van der Waals surface area contributed by atoms with Crippen LogP contribution in [-0.4, -0.2) is 17.6 Å². The standard InChI is InChI=1S/C13H11N3O2/c14-13(10-3-1-2-6-15-10)16-9-4-5-11-12(7-9)18-8-17-11/h1-7H,8H2,(H2,14,16). The number of nitrogens with two attached hydrogens (primary N) is 1. The van der Waals surface area contributed by atoms with Gasteiger partial charge >= 0.3 is 0 Å². The van der Waals surface area contributed by atoms with E-state index in [1.54, 1.807) is 12.3 Å². The highest BCUT2D eigenvalue weighted by atomic mass is 16.7. The zero-order chi connectivity index (χ0) is 12.4. The Bertz CT molecular complexity index is 596. The fraction of sp³-hybridized carbons (Fsp3) is 0.0769. The predicted octanol–water partition coefficient (Wildman–Crippen LogP) is 1.85. The first kappa shape index (κ1) is 10.6. The molecule has 3 rings (SSSR count). The fourth-order valence-corrected chi connectivity index (χ4v) is 1.67. The van der Waals surface area contributed by atoms with Crippen molar-refractivity contribution in [3.05, 3.63) is 48.3 Å². The van der Waals surface area contributed by atoms with Crippen molar-refractivity contribution >= 4 is 11.5 Å². The first-order chi connectivity index (χ1) is 8.83. The summed E-state index contributed by atoms with van der Waals surface area (Å²) in [6, 6.07) is 10.9. The Hall–Kier alpha value is -2.56. The van der Waals surface area contributed by atoms with Crippen molar-refractivity contribution in [2.75, 3.05) is 6.79 Å². The van der Waals surface area contributed by atoms with Gasteiger partial charge in [0.05, 0.1) is 5.69 Å². The van der Waals surface area contributed by atoms with E-state index in [0.717, 1.165) is 5.75 Å². The van der Waals surface area contributed by atoms with Crippen LogP contribution in [0.25, 0.3) is 0 Å². The molecule has 2 aromatic rings. The quantitative estimate of drug-likeness (QED) is 0.643. The number of nitrogens with zero attached hydrogens (tertiary/aromatic N) is 2. The molecule has 2 heterocycles. The molecule has 1 aromatic carbocycles. The van der Waals surface area contributed by atoms with Crippen LogP contribution in [0.2, 0.25) is 0 Å². The SMILES string of the molecule is NC(=Nc1ccc2c(c1)OCO2)c1ccccn1. The molecule has 18 heavy (non-hydrogen) atoms. The highest BCUT2D eigenvalue weighted by Crippen LogP contribution is 2.35. The summed E-state index contributed by atoms with van der Waals surface area (Å²) in [5.41, 5.74) is 7.25. The van der Waals surface area contributed by atoms with Crippen LogP contribution in [0.4, 0.5) is 5.69 Å². The summed E-state index contributed by atoms with van der Waals surface area (Å²) in [5.74, 6) is 1.78. The number of ether oxygens (including phenoxy) is 2. The van der Waals surface area contributed by atoms with E-state index in [4.69, 9.17) is 15.2 Å². The summed E-state index contributed by atoms with van der Waals surface area (Å²) < 4.78 is 10.5. The van der Waals surface area contributed by atoms with Crippen LogP contribution >= 0.6 is 0 Å². The topological polar surface area (TPSA) is 69.7 Å². The number of benzene rings is 1. The van der Waals surface area contributed by atoms with Gasteiger partial charge in [0.2, 0.25) is 6.79 Å². The third-order valence-electron chi connectivity index (χ3n) is 2.53. The largest absolute Gasteiger partial charge is 0.454 e. The average Bonchev–Trinajstić information content (AvgIpc) is 2.87. The minimum Gasteiger partial charge on any atom is -0.454 e. The smallest absolute Gasteiger partial charge is 0.231 e. The maximum absolute atomic E-state index is 5.89. The Balaban J connectivity index is 1.92. The van der Waals surface area contributed by atoms with Crippen LogP contribution in [0.1, 0.15) is 5.69 Å². The number of hydrogen-bond donors (Lipinski definition) is 1. The zero-order valence-corrected chi connectivity index (χ0v) is 9.54. The van der Waals surface area contributed by atoms with E-state index in [0.29, 0.717) is 23.0 Å². The Morgan fingerprint density at radius 2 is 2.06 bits per heavy atom. The Labute approximate surface area is 104 Å². The third kappa shape index (κ3) is 1.98. The van der Waals surface area contributed by atoms with Crippen molar-refractivity contribution in [2.24, 2.45) is 10.7 Å². The molecule has 1 aliphatic rings. The molecule has 0 saturated carbocycles. The molecule has 5 nitrogen and oxygen atoms in total. The first-order valence-corrected chi connectivity index (χ1v) is 5.48. The average molecular weight is 241 g/mol. The molecule has 0 radical (unpaired) electrons. The van der Waals surface area contributed by atoms with Crippen molar-refractivity contribution < 1.29 is 9.47 Å². The molecule has 5 heteroatoms. The Morgan fingerprint density at radius 1 is 1.17 bits per heavy atom. The van der Waals surface area contributed by atoms with Gasteiger partial charge in [0.1, 0.15) is 11.5 Å². The van der Waals surface area contributed by atoms with Crippen molar-refractivity contribution in [1.82, 2.24) is 4.98 Å². The lowest BCUT2D eigenvalue weighted by Crippen LogP contribution is -2.14. The molecule has 90 valence electrons. The lowest BCUT2D eigenvalue weighted by atomic mass is 10.2. The Kier molecular flexibility index (Phi) is 2.57. The van der Waals surface area contributed by atoms with E-state index in [1.807, 2.05) is 30.3 Å². The minimum atomic E-state index is 0.248. The van der Waals surface area contributed by atoms with Crippen LogP contribution in [0, 0.1) is 0 Å². The second-order valence-electron chi connectivity index (χ2n) is 3.75. The van der Waals surface area contributed by atoms with Gasteiger partial charge in [-0.1, -0.05) is 6.07 Å². The molecule has 2 N–H and O–H groups in total. The van der Waals surface area contributed by atoms with Crippen LogP contribution in [-0.2, 0) is 0 Å². The van der Waals surface area contributed by atoms with Crippen LogP contribution in [0.3, 0.4) is 0 Å². The molecular weight excluding hydrogens is 230 g/mol. The summed E-state index contributed by atoms with van der Waals surface area (Å²) in [7, 11) is 0. The monoisotopic (exact) mass is 241 g/mol. The van der Waals surface area contributed by atoms with Gasteiger partial charge in [-0.2, -0.15) is 0 Å². The summed E-state index contributed by atoms with van der Waals surface area (Å²) >= 11 is 0. The normalized spacial score (nSPS) is 13.7. The molecule has 0 fully saturated rings. The van der Waals surface area contributed by atoms with E-state index in [1.165, 1.54) is 0 Å². The lowest BCUT2D eigenvalue weighted by molar-refractivity contribution is 0.174. The first-order valence-electron chi connectivity index (χ1n) is 5.48. The van der Waals surface area contributed by atoms with Gasteiger partial charge in [-0.3, -0.25) is 4.98 Å². The number of aromatic nitrogens is 1. The molecule has 0 spiro atoms. The maximum atomic E-state index is 5.89. The summed E-state index contributed by atoms with van der Waals surface area (Å²) in [4.78, 5) is 8.44. The van der Waals surface area contributed by atoms with E-state index in [9.17, 15) is 0 Å². The van der Waals surface area contributed by atoms with Gasteiger partial charge in [0, 0.05) is 12.3 Å². The molecule has 1 aliphatic heterocycles. The number of amidine groups is 1. The molecular formula is C13H11N3O2. The van der Waals surface area contributed by atoms with Crippen LogP contribution in [0.15, 0.2) is 47.6 Å². The van der Waals surface area contributed by atoms with Crippen molar-refractivity contribution in [2.45, 2.75) is 0 Å². The summed E-state index contributed by atoms with van der Waals surface area (Å²) in [6.45, 7) is 0.248. The minimum absolute atomic E-state index is 0.248. The molecule has 0 aliphatic carbocycles. The van der Waals surface area contributed by atoms with Gasteiger partial charge in [0.25, 0.3) is 0 Å². The van der Waals surface area contributed by atoms with Gasteiger partial charge in [-0.25, -0.2) is 4.99 Å². The number of pyridine rings is 1. The fourth-order valence-electron chi connectivity index (χ4n) is 1.67. The molecule has 0 saturated heterocycles. The molecule has 0 bridgehead atoms. The van der Waals surface area contributed by atoms with E-state index in [2.05, 4.69) is 9.98 Å². The highest BCUT2D eigenvalue weighted by molar-refractivity contribution is 5.97. The molecule has 1 aromatic heterocycles. The van der Waals surface area contributed by atoms with Gasteiger partial charge in [-0.05, 0) is 24.3 Å².